The summed E-state index contributed by atoms with van der Waals surface area (Å²) in [6.07, 6.45) is 5.45. The van der Waals surface area contributed by atoms with Gasteiger partial charge >= 0.3 is 0 Å². The molecule has 0 heterocycles. The van der Waals surface area contributed by atoms with Crippen LogP contribution in [0.25, 0.3) is 0 Å². The van der Waals surface area contributed by atoms with Crippen LogP contribution >= 0.6 is 0 Å². The highest BCUT2D eigenvalue weighted by Gasteiger charge is 2.23. The van der Waals surface area contributed by atoms with Crippen LogP contribution in [0.2, 0.25) is 0 Å². The van der Waals surface area contributed by atoms with E-state index < -0.39 is 4.92 Å². The number of nitrogens with one attached hydrogen (secondary N) is 1. The fourth-order valence-electron chi connectivity index (χ4n) is 2.72. The van der Waals surface area contributed by atoms with Crippen molar-refractivity contribution in [1.82, 2.24) is 0 Å². The molecule has 1 fully saturated rings. The van der Waals surface area contributed by atoms with E-state index >= 15 is 0 Å². The first-order valence-electron chi connectivity index (χ1n) is 6.62. The molecule has 1 aromatic rings. The van der Waals surface area contributed by atoms with Gasteiger partial charge in [0.2, 0.25) is 0 Å². The van der Waals surface area contributed by atoms with Crippen LogP contribution in [0.1, 0.15) is 43.0 Å². The predicted octanol–water partition coefficient (Wildman–Crippen LogP) is 3.40. The predicted molar refractivity (Wildman–Crippen MR) is 73.5 cm³/mol. The van der Waals surface area contributed by atoms with Gasteiger partial charge < -0.3 is 5.32 Å². The van der Waals surface area contributed by atoms with Gasteiger partial charge in [-0.05, 0) is 37.8 Å². The first-order chi connectivity index (χ1) is 9.11. The van der Waals surface area contributed by atoms with Crippen LogP contribution in [0.15, 0.2) is 18.2 Å². The third kappa shape index (κ3) is 3.10. The monoisotopic (exact) mass is 262 g/mol. The van der Waals surface area contributed by atoms with Gasteiger partial charge in [0.1, 0.15) is 12.0 Å². The Bertz CT molecular complexity index is 482. The van der Waals surface area contributed by atoms with Crippen molar-refractivity contribution in [3.05, 3.63) is 33.9 Å². The first kappa shape index (κ1) is 13.5. The lowest BCUT2D eigenvalue weighted by Gasteiger charge is -2.21. The normalized spacial score (nSPS) is 17.1. The number of anilines is 1. The molecule has 0 aliphatic heterocycles. The molecule has 1 N–H and O–H groups in total. The van der Waals surface area contributed by atoms with Gasteiger partial charge in [-0.25, -0.2) is 0 Å². The van der Waals surface area contributed by atoms with E-state index in [0.29, 0.717) is 23.5 Å². The zero-order valence-corrected chi connectivity index (χ0v) is 11.0. The summed E-state index contributed by atoms with van der Waals surface area (Å²) in [7, 11) is 0. The number of nitrogens with zero attached hydrogens (tertiary/aromatic N) is 1. The SMILES string of the molecule is CC(Nc1ccc(C=O)cc1[N+](=O)[O-])C1CCCC1. The topological polar surface area (TPSA) is 72.2 Å². The van der Waals surface area contributed by atoms with Gasteiger partial charge in [-0.3, -0.25) is 14.9 Å². The second-order valence-electron chi connectivity index (χ2n) is 5.13. The molecule has 0 radical (unpaired) electrons. The van der Waals surface area contributed by atoms with E-state index in [9.17, 15) is 14.9 Å². The Morgan fingerprint density at radius 1 is 1.42 bits per heavy atom. The molecule has 0 bridgehead atoms. The molecule has 1 aliphatic carbocycles. The maximum atomic E-state index is 11.0. The standard InChI is InChI=1S/C14H18N2O3/c1-10(12-4-2-3-5-12)15-13-7-6-11(9-17)8-14(13)16(18)19/h6-10,12,15H,2-5H2,1H3. The third-order valence-corrected chi connectivity index (χ3v) is 3.84. The molecule has 1 aliphatic rings. The number of hydrogen-bond acceptors (Lipinski definition) is 4. The van der Waals surface area contributed by atoms with Gasteiger partial charge in [0.15, 0.2) is 0 Å². The highest BCUT2D eigenvalue weighted by Crippen LogP contribution is 2.32. The molecule has 0 saturated heterocycles. The van der Waals surface area contributed by atoms with E-state index in [4.69, 9.17) is 0 Å². The summed E-state index contributed by atoms with van der Waals surface area (Å²) in [5, 5.41) is 14.3. The zero-order valence-electron chi connectivity index (χ0n) is 11.0. The van der Waals surface area contributed by atoms with E-state index in [0.717, 1.165) is 0 Å². The molecular formula is C14H18N2O3. The second kappa shape index (κ2) is 5.82. The van der Waals surface area contributed by atoms with E-state index in [1.807, 2.05) is 0 Å². The molecular weight excluding hydrogens is 244 g/mol. The average Bonchev–Trinajstić information content (AvgIpc) is 2.92. The molecule has 0 amide bonds. The number of nitro groups is 1. The number of carbonyl (C=O) groups excluding carboxylic acids is 1. The Balaban J connectivity index is 2.18. The molecule has 1 atom stereocenters. The second-order valence-corrected chi connectivity index (χ2v) is 5.13. The lowest BCUT2D eigenvalue weighted by molar-refractivity contribution is -0.384. The molecule has 1 unspecified atom stereocenters. The fourth-order valence-corrected chi connectivity index (χ4v) is 2.72. The van der Waals surface area contributed by atoms with Crippen LogP contribution in [-0.4, -0.2) is 17.3 Å². The molecule has 102 valence electrons. The minimum absolute atomic E-state index is 0.0329. The highest BCUT2D eigenvalue weighted by molar-refractivity contribution is 5.79. The van der Waals surface area contributed by atoms with E-state index in [1.54, 1.807) is 12.1 Å². The number of benzene rings is 1. The van der Waals surface area contributed by atoms with Gasteiger partial charge in [-0.15, -0.1) is 0 Å². The Kier molecular flexibility index (Phi) is 4.14. The van der Waals surface area contributed by atoms with Crippen molar-refractivity contribution in [1.29, 1.82) is 0 Å². The van der Waals surface area contributed by atoms with Crippen molar-refractivity contribution in [3.8, 4) is 0 Å². The van der Waals surface area contributed by atoms with E-state index in [2.05, 4.69) is 12.2 Å². The number of rotatable bonds is 5. The van der Waals surface area contributed by atoms with E-state index in [1.165, 1.54) is 31.7 Å². The number of hydrogen-bond donors (Lipinski definition) is 1. The number of nitro benzene ring substituents is 1. The summed E-state index contributed by atoms with van der Waals surface area (Å²) >= 11 is 0. The summed E-state index contributed by atoms with van der Waals surface area (Å²) in [6, 6.07) is 4.75. The van der Waals surface area contributed by atoms with Gasteiger partial charge in [0.05, 0.1) is 4.92 Å². The van der Waals surface area contributed by atoms with Crippen molar-refractivity contribution in [3.63, 3.8) is 0 Å². The zero-order chi connectivity index (χ0) is 13.8. The van der Waals surface area contributed by atoms with Crippen LogP contribution in [0.4, 0.5) is 11.4 Å². The summed E-state index contributed by atoms with van der Waals surface area (Å²) in [5.41, 5.74) is 0.787. The largest absolute Gasteiger partial charge is 0.377 e. The van der Waals surface area contributed by atoms with Gasteiger partial charge in [-0.1, -0.05) is 12.8 Å². The van der Waals surface area contributed by atoms with Crippen molar-refractivity contribution in [2.75, 3.05) is 5.32 Å². The van der Waals surface area contributed by atoms with Crippen LogP contribution in [-0.2, 0) is 0 Å². The Morgan fingerprint density at radius 2 is 2.11 bits per heavy atom. The van der Waals surface area contributed by atoms with E-state index in [-0.39, 0.29) is 11.7 Å². The Labute approximate surface area is 112 Å². The quantitative estimate of drug-likeness (QED) is 0.501. The minimum atomic E-state index is -0.448. The fraction of sp³-hybridized carbons (Fsp3) is 0.500. The van der Waals surface area contributed by atoms with Crippen molar-refractivity contribution < 1.29 is 9.72 Å². The van der Waals surface area contributed by atoms with Gasteiger partial charge in [-0.2, -0.15) is 0 Å². The molecule has 5 heteroatoms. The molecule has 0 spiro atoms. The summed E-state index contributed by atoms with van der Waals surface area (Å²) in [5.74, 6) is 0.574. The van der Waals surface area contributed by atoms with Crippen LogP contribution < -0.4 is 5.32 Å². The lowest BCUT2D eigenvalue weighted by atomic mass is 9.99. The summed E-state index contributed by atoms with van der Waals surface area (Å²) in [6.45, 7) is 2.06. The van der Waals surface area contributed by atoms with Crippen molar-refractivity contribution >= 4 is 17.7 Å². The molecule has 0 aromatic heterocycles. The Morgan fingerprint density at radius 3 is 2.68 bits per heavy atom. The minimum Gasteiger partial charge on any atom is -0.377 e. The van der Waals surface area contributed by atoms with Crippen LogP contribution in [0.3, 0.4) is 0 Å². The molecule has 1 aromatic carbocycles. The maximum Gasteiger partial charge on any atom is 0.293 e. The van der Waals surface area contributed by atoms with Crippen LogP contribution in [0.5, 0.6) is 0 Å². The molecule has 19 heavy (non-hydrogen) atoms. The van der Waals surface area contributed by atoms with Crippen molar-refractivity contribution in [2.45, 2.75) is 38.6 Å². The molecule has 5 nitrogen and oxygen atoms in total. The van der Waals surface area contributed by atoms with Gasteiger partial charge in [0.25, 0.3) is 5.69 Å². The average molecular weight is 262 g/mol. The molecule has 1 saturated carbocycles. The smallest absolute Gasteiger partial charge is 0.293 e. The lowest BCUT2D eigenvalue weighted by Crippen LogP contribution is -2.24. The highest BCUT2D eigenvalue weighted by atomic mass is 16.6. The van der Waals surface area contributed by atoms with Gasteiger partial charge in [0, 0.05) is 17.7 Å². The Hall–Kier alpha value is -1.91. The number of carbonyl (C=O) groups is 1. The number of aldehydes is 1. The van der Waals surface area contributed by atoms with Crippen molar-refractivity contribution in [2.24, 2.45) is 5.92 Å². The summed E-state index contributed by atoms with van der Waals surface area (Å²) < 4.78 is 0. The van der Waals surface area contributed by atoms with Crippen LogP contribution in [0, 0.1) is 16.0 Å². The molecule has 2 rings (SSSR count). The first-order valence-corrected chi connectivity index (χ1v) is 6.62. The third-order valence-electron chi connectivity index (χ3n) is 3.84. The summed E-state index contributed by atoms with van der Waals surface area (Å²) in [4.78, 5) is 21.3. The maximum absolute atomic E-state index is 11.0.